The molecule has 184 valence electrons. The molecule has 0 bridgehead atoms. The van der Waals surface area contributed by atoms with Crippen LogP contribution in [0, 0.1) is 17.2 Å². The number of rotatable bonds is 7. The third-order valence-electron chi connectivity index (χ3n) is 6.85. The van der Waals surface area contributed by atoms with Crippen molar-refractivity contribution in [1.82, 2.24) is 24.9 Å². The number of hydrogen-bond donors (Lipinski definition) is 1. The first kappa shape index (κ1) is 24.4. The lowest BCUT2D eigenvalue weighted by atomic mass is 9.91. The quantitative estimate of drug-likeness (QED) is 0.677. The number of likely N-dealkylation sites (tertiary alicyclic amines) is 1. The molecule has 2 aliphatic rings. The molecule has 0 radical (unpaired) electrons. The lowest BCUT2D eigenvalue weighted by Crippen LogP contribution is -2.46. The SMILES string of the molecule is CN(C)CC(C)(C)CNC(=O)C1CCN(C(=O)c2nn(-c3ccccc3F)c3c2CCC3)CC1. The number of fused-ring (bicyclic) bond motifs is 1. The van der Waals surface area contributed by atoms with Gasteiger partial charge in [-0.05, 0) is 63.7 Å². The highest BCUT2D eigenvalue weighted by atomic mass is 19.1. The number of piperidine rings is 1. The molecule has 4 rings (SSSR count). The van der Waals surface area contributed by atoms with E-state index in [2.05, 4.69) is 29.2 Å². The molecule has 1 aromatic heterocycles. The predicted molar refractivity (Wildman–Crippen MR) is 130 cm³/mol. The Hall–Kier alpha value is -2.74. The summed E-state index contributed by atoms with van der Waals surface area (Å²) in [5.41, 5.74) is 2.68. The molecular formula is C26H36FN5O2. The predicted octanol–water partition coefficient (Wildman–Crippen LogP) is 3.06. The van der Waals surface area contributed by atoms with Gasteiger partial charge in [-0.3, -0.25) is 9.59 Å². The molecule has 34 heavy (non-hydrogen) atoms. The molecule has 1 fully saturated rings. The molecule has 1 aromatic carbocycles. The topological polar surface area (TPSA) is 70.5 Å². The molecule has 1 aliphatic carbocycles. The summed E-state index contributed by atoms with van der Waals surface area (Å²) in [6.07, 6.45) is 3.79. The van der Waals surface area contributed by atoms with E-state index in [1.807, 2.05) is 14.1 Å². The zero-order valence-electron chi connectivity index (χ0n) is 20.7. The molecule has 2 amide bonds. The maximum absolute atomic E-state index is 14.4. The van der Waals surface area contributed by atoms with Crippen LogP contribution in [-0.4, -0.2) is 71.7 Å². The number of amides is 2. The fraction of sp³-hybridized carbons (Fsp3) is 0.577. The van der Waals surface area contributed by atoms with E-state index in [0.717, 1.165) is 37.1 Å². The summed E-state index contributed by atoms with van der Waals surface area (Å²) < 4.78 is 16.0. The van der Waals surface area contributed by atoms with Gasteiger partial charge in [-0.2, -0.15) is 5.10 Å². The van der Waals surface area contributed by atoms with Gasteiger partial charge < -0.3 is 15.1 Å². The Morgan fingerprint density at radius 1 is 1.18 bits per heavy atom. The van der Waals surface area contributed by atoms with Crippen LogP contribution in [0.4, 0.5) is 4.39 Å². The molecule has 1 saturated heterocycles. The van der Waals surface area contributed by atoms with Crippen molar-refractivity contribution in [2.45, 2.75) is 46.0 Å². The summed E-state index contributed by atoms with van der Waals surface area (Å²) in [7, 11) is 4.07. The molecule has 0 unspecified atom stereocenters. The third-order valence-corrected chi connectivity index (χ3v) is 6.85. The van der Waals surface area contributed by atoms with Crippen molar-refractivity contribution in [2.24, 2.45) is 11.3 Å². The summed E-state index contributed by atoms with van der Waals surface area (Å²) in [4.78, 5) is 30.0. The monoisotopic (exact) mass is 469 g/mol. The number of carbonyl (C=O) groups excluding carboxylic acids is 2. The normalized spacial score (nSPS) is 16.7. The number of carbonyl (C=O) groups is 2. The van der Waals surface area contributed by atoms with Crippen LogP contribution in [0.1, 0.15) is 54.9 Å². The molecule has 0 atom stereocenters. The van der Waals surface area contributed by atoms with Crippen LogP contribution in [0.2, 0.25) is 0 Å². The molecule has 0 spiro atoms. The molecule has 8 heteroatoms. The van der Waals surface area contributed by atoms with Crippen molar-refractivity contribution in [3.8, 4) is 5.69 Å². The molecule has 0 saturated carbocycles. The van der Waals surface area contributed by atoms with Gasteiger partial charge in [0.25, 0.3) is 5.91 Å². The second-order valence-corrected chi connectivity index (χ2v) is 10.7. The number of para-hydroxylation sites is 1. The zero-order chi connectivity index (χ0) is 24.5. The first-order valence-corrected chi connectivity index (χ1v) is 12.2. The standard InChI is InChI=1S/C26H36FN5O2/c1-26(2,17-30(3)4)16-28-24(33)18-12-14-31(15-13-18)25(34)23-19-8-7-11-21(19)32(29-23)22-10-6-5-9-20(22)27/h5-6,9-10,18H,7-8,11-17H2,1-4H3,(H,28,33). The molecule has 7 nitrogen and oxygen atoms in total. The van der Waals surface area contributed by atoms with Gasteiger partial charge in [0.2, 0.25) is 5.91 Å². The van der Waals surface area contributed by atoms with Gasteiger partial charge in [0.05, 0.1) is 0 Å². The maximum Gasteiger partial charge on any atom is 0.274 e. The van der Waals surface area contributed by atoms with Gasteiger partial charge in [0.1, 0.15) is 11.5 Å². The average Bonchev–Trinajstić information content (AvgIpc) is 3.40. The number of nitrogens with one attached hydrogen (secondary N) is 1. The van der Waals surface area contributed by atoms with Gasteiger partial charge in [-0.1, -0.05) is 26.0 Å². The fourth-order valence-corrected chi connectivity index (χ4v) is 5.31. The van der Waals surface area contributed by atoms with E-state index in [1.54, 1.807) is 27.8 Å². The highest BCUT2D eigenvalue weighted by Gasteiger charge is 2.33. The van der Waals surface area contributed by atoms with Crippen molar-refractivity contribution in [3.63, 3.8) is 0 Å². The van der Waals surface area contributed by atoms with Crippen LogP contribution in [-0.2, 0) is 17.6 Å². The van der Waals surface area contributed by atoms with Crippen molar-refractivity contribution in [1.29, 1.82) is 0 Å². The van der Waals surface area contributed by atoms with E-state index in [9.17, 15) is 14.0 Å². The zero-order valence-corrected chi connectivity index (χ0v) is 20.7. The molecule has 1 N–H and O–H groups in total. The summed E-state index contributed by atoms with van der Waals surface area (Å²) in [6.45, 7) is 6.87. The minimum Gasteiger partial charge on any atom is -0.355 e. The Morgan fingerprint density at radius 3 is 2.56 bits per heavy atom. The van der Waals surface area contributed by atoms with E-state index in [4.69, 9.17) is 0 Å². The Bertz CT molecular complexity index is 1050. The van der Waals surface area contributed by atoms with Gasteiger partial charge in [0.15, 0.2) is 5.69 Å². The first-order valence-electron chi connectivity index (χ1n) is 12.2. The van der Waals surface area contributed by atoms with Crippen molar-refractivity contribution in [2.75, 3.05) is 40.3 Å². The average molecular weight is 470 g/mol. The summed E-state index contributed by atoms with van der Waals surface area (Å²) in [5.74, 6) is -0.469. The van der Waals surface area contributed by atoms with E-state index >= 15 is 0 Å². The highest BCUT2D eigenvalue weighted by Crippen LogP contribution is 2.30. The van der Waals surface area contributed by atoms with Crippen LogP contribution < -0.4 is 5.32 Å². The largest absolute Gasteiger partial charge is 0.355 e. The van der Waals surface area contributed by atoms with E-state index in [-0.39, 0.29) is 29.0 Å². The fourth-order valence-electron chi connectivity index (χ4n) is 5.31. The van der Waals surface area contributed by atoms with Crippen LogP contribution in [0.3, 0.4) is 0 Å². The minimum atomic E-state index is -0.348. The number of hydrogen-bond acceptors (Lipinski definition) is 4. The van der Waals surface area contributed by atoms with Gasteiger partial charge in [-0.15, -0.1) is 0 Å². The van der Waals surface area contributed by atoms with E-state index in [1.165, 1.54) is 6.07 Å². The van der Waals surface area contributed by atoms with Crippen molar-refractivity contribution < 1.29 is 14.0 Å². The van der Waals surface area contributed by atoms with Gasteiger partial charge >= 0.3 is 0 Å². The van der Waals surface area contributed by atoms with Crippen LogP contribution in [0.25, 0.3) is 5.69 Å². The molecule has 1 aliphatic heterocycles. The van der Waals surface area contributed by atoms with Crippen LogP contribution in [0.15, 0.2) is 24.3 Å². The minimum absolute atomic E-state index is 0.00669. The number of aromatic nitrogens is 2. The van der Waals surface area contributed by atoms with Crippen molar-refractivity contribution in [3.05, 3.63) is 47.0 Å². The Balaban J connectivity index is 1.39. The second kappa shape index (κ2) is 9.86. The second-order valence-electron chi connectivity index (χ2n) is 10.7. The number of benzene rings is 1. The lowest BCUT2D eigenvalue weighted by molar-refractivity contribution is -0.126. The summed E-state index contributed by atoms with van der Waals surface area (Å²) >= 11 is 0. The Morgan fingerprint density at radius 2 is 1.88 bits per heavy atom. The smallest absolute Gasteiger partial charge is 0.274 e. The van der Waals surface area contributed by atoms with Crippen LogP contribution >= 0.6 is 0 Å². The maximum atomic E-state index is 14.4. The van der Waals surface area contributed by atoms with Crippen molar-refractivity contribution >= 4 is 11.8 Å². The van der Waals surface area contributed by atoms with E-state index < -0.39 is 0 Å². The number of halogens is 1. The Labute approximate surface area is 201 Å². The Kier molecular flexibility index (Phi) is 7.07. The first-order chi connectivity index (χ1) is 16.2. The van der Waals surface area contributed by atoms with Gasteiger partial charge in [-0.25, -0.2) is 9.07 Å². The van der Waals surface area contributed by atoms with E-state index in [0.29, 0.717) is 43.9 Å². The van der Waals surface area contributed by atoms with Gasteiger partial charge in [0, 0.05) is 43.4 Å². The van der Waals surface area contributed by atoms with Crippen LogP contribution in [0.5, 0.6) is 0 Å². The molecular weight excluding hydrogens is 433 g/mol. The summed E-state index contributed by atoms with van der Waals surface area (Å²) in [5, 5.41) is 7.69. The summed E-state index contributed by atoms with van der Waals surface area (Å²) in [6, 6.07) is 6.54. The third kappa shape index (κ3) is 5.17. The highest BCUT2D eigenvalue weighted by molar-refractivity contribution is 5.94. The lowest BCUT2D eigenvalue weighted by Gasteiger charge is -2.33. The molecule has 2 heterocycles. The molecule has 2 aromatic rings. The number of nitrogens with zero attached hydrogens (tertiary/aromatic N) is 4.